The fourth-order valence-corrected chi connectivity index (χ4v) is 4.56. The zero-order valence-electron chi connectivity index (χ0n) is 12.3. The molecule has 1 N–H and O–H groups in total. The van der Waals surface area contributed by atoms with E-state index in [0.717, 1.165) is 17.9 Å². The van der Waals surface area contributed by atoms with Crippen LogP contribution in [0.3, 0.4) is 0 Å². The molecule has 0 aliphatic carbocycles. The summed E-state index contributed by atoms with van der Waals surface area (Å²) in [4.78, 5) is 0. The highest BCUT2D eigenvalue weighted by Crippen LogP contribution is 2.36. The maximum Gasteiger partial charge on any atom is 0.160 e. The molecule has 0 radical (unpaired) electrons. The lowest BCUT2D eigenvalue weighted by atomic mass is 10.0. The molecule has 5 heteroatoms. The first-order chi connectivity index (χ1) is 9.52. The van der Waals surface area contributed by atoms with Gasteiger partial charge in [0.1, 0.15) is 17.6 Å². The number of hydrogen-bond acceptors (Lipinski definition) is 4. The normalized spacial score (nSPS) is 23.8. The highest BCUT2D eigenvalue weighted by atomic mass is 32.2. The summed E-state index contributed by atoms with van der Waals surface area (Å²) >= 11 is 0. The van der Waals surface area contributed by atoms with E-state index in [9.17, 15) is 8.42 Å². The van der Waals surface area contributed by atoms with E-state index >= 15 is 0 Å². The van der Waals surface area contributed by atoms with Gasteiger partial charge in [-0.25, -0.2) is 8.42 Å². The minimum atomic E-state index is -3.21. The Morgan fingerprint density at radius 1 is 1.35 bits per heavy atom. The molecule has 1 aromatic rings. The van der Waals surface area contributed by atoms with Crippen LogP contribution in [0.5, 0.6) is 5.75 Å². The lowest BCUT2D eigenvalue weighted by molar-refractivity contribution is 0.255. The minimum absolute atomic E-state index is 0.191. The number of nitrogens with one attached hydrogen (secondary N) is 1. The number of para-hydroxylation sites is 1. The average Bonchev–Trinajstić information content (AvgIpc) is 2.46. The number of sulfone groups is 1. The third-order valence-corrected chi connectivity index (χ3v) is 6.72. The van der Waals surface area contributed by atoms with Gasteiger partial charge >= 0.3 is 0 Å². The second-order valence-electron chi connectivity index (χ2n) is 5.23. The summed E-state index contributed by atoms with van der Waals surface area (Å²) in [6.07, 6.45) is 0.624. The molecule has 3 unspecified atom stereocenters. The Hall–Kier alpha value is -1.07. The topological polar surface area (TPSA) is 55.4 Å². The van der Waals surface area contributed by atoms with Crippen LogP contribution >= 0.6 is 0 Å². The van der Waals surface area contributed by atoms with Crippen LogP contribution in [0.15, 0.2) is 24.3 Å². The fraction of sp³-hybridized carbons (Fsp3) is 0.600. The van der Waals surface area contributed by atoms with Crippen LogP contribution in [0.4, 0.5) is 0 Å². The van der Waals surface area contributed by atoms with Crippen molar-refractivity contribution in [2.75, 3.05) is 13.2 Å². The van der Waals surface area contributed by atoms with E-state index in [0.29, 0.717) is 6.42 Å². The van der Waals surface area contributed by atoms with E-state index in [-0.39, 0.29) is 17.9 Å². The van der Waals surface area contributed by atoms with Crippen LogP contribution in [-0.4, -0.2) is 32.1 Å². The molecular formula is C15H23NO3S. The summed E-state index contributed by atoms with van der Waals surface area (Å²) < 4.78 is 31.1. The molecule has 1 heterocycles. The summed E-state index contributed by atoms with van der Waals surface area (Å²) in [5.41, 5.74) is 0.942. The van der Waals surface area contributed by atoms with Gasteiger partial charge in [-0.2, -0.15) is 0 Å². The van der Waals surface area contributed by atoms with Gasteiger partial charge in [0, 0.05) is 5.56 Å². The first kappa shape index (κ1) is 15.3. The second-order valence-corrected chi connectivity index (χ2v) is 7.82. The molecule has 0 saturated carbocycles. The van der Waals surface area contributed by atoms with Gasteiger partial charge in [-0.3, -0.25) is 0 Å². The summed E-state index contributed by atoms with van der Waals surface area (Å²) in [7, 11) is -3.21. The molecule has 1 aromatic carbocycles. The van der Waals surface area contributed by atoms with Crippen molar-refractivity contribution in [3.8, 4) is 5.75 Å². The van der Waals surface area contributed by atoms with Crippen molar-refractivity contribution in [2.45, 2.75) is 43.7 Å². The van der Waals surface area contributed by atoms with Gasteiger partial charge in [-0.15, -0.1) is 0 Å². The van der Waals surface area contributed by atoms with Crippen molar-refractivity contribution in [1.82, 2.24) is 5.32 Å². The van der Waals surface area contributed by atoms with Gasteiger partial charge in [0.05, 0.1) is 11.3 Å². The van der Waals surface area contributed by atoms with Gasteiger partial charge in [0.25, 0.3) is 0 Å². The van der Waals surface area contributed by atoms with Gasteiger partial charge in [-0.05, 0) is 26.0 Å². The average molecular weight is 297 g/mol. The number of ether oxygens (including phenoxy) is 1. The second kappa shape index (κ2) is 6.14. The molecule has 1 aliphatic rings. The third-order valence-electron chi connectivity index (χ3n) is 4.01. The molecule has 0 aromatic heterocycles. The van der Waals surface area contributed by atoms with Gasteiger partial charge in [0.2, 0.25) is 0 Å². The zero-order valence-corrected chi connectivity index (χ0v) is 13.1. The fourth-order valence-electron chi connectivity index (χ4n) is 2.61. The Kier molecular flexibility index (Phi) is 4.70. The number of fused-ring (bicyclic) bond motifs is 1. The smallest absolute Gasteiger partial charge is 0.160 e. The Morgan fingerprint density at radius 3 is 2.70 bits per heavy atom. The zero-order chi connectivity index (χ0) is 14.8. The Labute approximate surface area is 121 Å². The molecule has 4 nitrogen and oxygen atoms in total. The molecule has 1 aliphatic heterocycles. The van der Waals surface area contributed by atoms with E-state index in [1.165, 1.54) is 0 Å². The van der Waals surface area contributed by atoms with E-state index in [1.54, 1.807) is 6.92 Å². The summed E-state index contributed by atoms with van der Waals surface area (Å²) in [6, 6.07) is 7.48. The predicted molar refractivity (Wildman–Crippen MR) is 80.8 cm³/mol. The van der Waals surface area contributed by atoms with E-state index in [4.69, 9.17) is 4.74 Å². The monoisotopic (exact) mass is 297 g/mol. The van der Waals surface area contributed by atoms with Crippen LogP contribution in [0.25, 0.3) is 0 Å². The molecule has 0 bridgehead atoms. The molecule has 112 valence electrons. The van der Waals surface area contributed by atoms with Crippen LogP contribution in [0.2, 0.25) is 0 Å². The van der Waals surface area contributed by atoms with E-state index < -0.39 is 15.1 Å². The molecular weight excluding hydrogens is 274 g/mol. The molecule has 0 fully saturated rings. The van der Waals surface area contributed by atoms with Crippen molar-refractivity contribution in [1.29, 1.82) is 0 Å². The quantitative estimate of drug-likeness (QED) is 0.906. The highest BCUT2D eigenvalue weighted by Gasteiger charge is 2.41. The SMILES string of the molecule is CCNC1c2ccccc2OCC1S(=O)(=O)C(C)CC. The molecule has 0 spiro atoms. The van der Waals surface area contributed by atoms with E-state index in [2.05, 4.69) is 5.32 Å². The first-order valence-electron chi connectivity index (χ1n) is 7.20. The van der Waals surface area contributed by atoms with Gasteiger partial charge in [0.15, 0.2) is 9.84 Å². The van der Waals surface area contributed by atoms with Crippen molar-refractivity contribution in [2.24, 2.45) is 0 Å². The summed E-state index contributed by atoms with van der Waals surface area (Å²) in [6.45, 7) is 6.62. The number of rotatable bonds is 5. The Morgan fingerprint density at radius 2 is 2.05 bits per heavy atom. The van der Waals surface area contributed by atoms with Crippen LogP contribution in [0, 0.1) is 0 Å². The summed E-state index contributed by atoms with van der Waals surface area (Å²) in [5.74, 6) is 0.786. The standard InChI is InChI=1S/C15H23NO3S/c1-4-11(3)20(17,18)14-10-19-13-9-7-6-8-12(13)15(14)16-5-2/h6-9,11,14-16H,4-5,10H2,1-3H3. The Bertz CT molecular complexity index is 556. The van der Waals surface area contributed by atoms with Crippen molar-refractivity contribution < 1.29 is 13.2 Å². The van der Waals surface area contributed by atoms with Crippen molar-refractivity contribution in [3.05, 3.63) is 29.8 Å². The first-order valence-corrected chi connectivity index (χ1v) is 8.81. The lowest BCUT2D eigenvalue weighted by Crippen LogP contribution is -2.46. The van der Waals surface area contributed by atoms with Gasteiger partial charge in [-0.1, -0.05) is 32.0 Å². The number of hydrogen-bond donors (Lipinski definition) is 1. The van der Waals surface area contributed by atoms with E-state index in [1.807, 2.05) is 38.1 Å². The maximum absolute atomic E-state index is 12.7. The molecule has 20 heavy (non-hydrogen) atoms. The third kappa shape index (κ3) is 2.69. The molecule has 3 atom stereocenters. The van der Waals surface area contributed by atoms with Crippen molar-refractivity contribution >= 4 is 9.84 Å². The van der Waals surface area contributed by atoms with Gasteiger partial charge < -0.3 is 10.1 Å². The lowest BCUT2D eigenvalue weighted by Gasteiger charge is -2.35. The molecule has 0 amide bonds. The molecule has 0 saturated heterocycles. The maximum atomic E-state index is 12.7. The summed E-state index contributed by atoms with van der Waals surface area (Å²) in [5, 5.41) is 2.45. The minimum Gasteiger partial charge on any atom is -0.492 e. The largest absolute Gasteiger partial charge is 0.492 e. The van der Waals surface area contributed by atoms with Crippen LogP contribution < -0.4 is 10.1 Å². The highest BCUT2D eigenvalue weighted by molar-refractivity contribution is 7.92. The van der Waals surface area contributed by atoms with Crippen LogP contribution in [0.1, 0.15) is 38.8 Å². The number of benzene rings is 1. The molecule has 2 rings (SSSR count). The van der Waals surface area contributed by atoms with Crippen molar-refractivity contribution in [3.63, 3.8) is 0 Å². The predicted octanol–water partition coefficient (Wildman–Crippen LogP) is 2.31. The Balaban J connectivity index is 2.41. The van der Waals surface area contributed by atoms with Crippen LogP contribution in [-0.2, 0) is 9.84 Å².